The molecule has 0 aromatic heterocycles. The van der Waals surface area contributed by atoms with Crippen LogP contribution >= 0.6 is 11.6 Å². The van der Waals surface area contributed by atoms with Gasteiger partial charge in [-0.3, -0.25) is 4.79 Å². The van der Waals surface area contributed by atoms with Gasteiger partial charge in [0.15, 0.2) is 12.2 Å². The lowest BCUT2D eigenvalue weighted by Crippen LogP contribution is -2.39. The van der Waals surface area contributed by atoms with Crippen molar-refractivity contribution >= 4 is 35.1 Å². The molecule has 0 fully saturated rings. The number of amides is 1. The fourth-order valence-electron chi connectivity index (χ4n) is 3.98. The molecule has 1 amide bonds. The topological polar surface area (TPSA) is 168 Å². The second kappa shape index (κ2) is 15.0. The molecule has 10 nitrogen and oxygen atoms in total. The highest BCUT2D eigenvalue weighted by atomic mass is 35.5. The number of anilines is 1. The molecule has 2 aromatic rings. The lowest BCUT2D eigenvalue weighted by atomic mass is 9.95. The monoisotopic (exact) mass is 577 g/mol. The van der Waals surface area contributed by atoms with Gasteiger partial charge in [0, 0.05) is 13.1 Å². The molecule has 1 aliphatic heterocycles. The Labute approximate surface area is 239 Å². The summed E-state index contributed by atoms with van der Waals surface area (Å²) in [6.45, 7) is 11.7. The molecule has 7 N–H and O–H groups in total. The van der Waals surface area contributed by atoms with Gasteiger partial charge in [0.05, 0.1) is 16.6 Å². The van der Waals surface area contributed by atoms with Crippen LogP contribution in [0.4, 0.5) is 5.69 Å². The third-order valence-electron chi connectivity index (χ3n) is 6.42. The Kier molecular flexibility index (Phi) is 12.4. The number of hydrogen-bond acceptors (Lipinski definition) is 7. The van der Waals surface area contributed by atoms with Gasteiger partial charge in [-0.25, -0.2) is 9.59 Å². The molecule has 0 aliphatic carbocycles. The number of fused-ring (bicyclic) bond motifs is 1. The SMILES string of the molecule is CC(C(=O)NCC(C)(C)C)c1ccc(CNc2c(Cl)ccc3c2CCNCC3)cc1.O=C(O)C(O)C(O)C(=O)O. The lowest BCUT2D eigenvalue weighted by Gasteiger charge is -2.21. The molecule has 1 heterocycles. The Bertz CT molecular complexity index is 1150. The number of carbonyl (C=O) groups is 3. The third kappa shape index (κ3) is 10.1. The van der Waals surface area contributed by atoms with E-state index in [1.807, 2.05) is 13.0 Å². The number of carbonyl (C=O) groups excluding carboxylic acids is 1. The van der Waals surface area contributed by atoms with Gasteiger partial charge in [-0.15, -0.1) is 0 Å². The summed E-state index contributed by atoms with van der Waals surface area (Å²) < 4.78 is 0. The molecule has 0 bridgehead atoms. The first-order valence-corrected chi connectivity index (χ1v) is 13.5. The lowest BCUT2D eigenvalue weighted by molar-refractivity contribution is -0.165. The minimum absolute atomic E-state index is 0.0724. The van der Waals surface area contributed by atoms with Gasteiger partial charge in [0.25, 0.3) is 0 Å². The number of hydrogen-bond donors (Lipinski definition) is 7. The average molecular weight is 578 g/mol. The number of nitrogens with one attached hydrogen (secondary N) is 3. The molecule has 0 saturated carbocycles. The van der Waals surface area contributed by atoms with E-state index in [0.29, 0.717) is 13.1 Å². The molecule has 0 radical (unpaired) electrons. The molecule has 0 saturated heterocycles. The Morgan fingerprint density at radius 1 is 0.950 bits per heavy atom. The first kappa shape index (κ1) is 33.0. The molecule has 11 heteroatoms. The normalized spacial score (nSPS) is 15.3. The largest absolute Gasteiger partial charge is 0.479 e. The molecule has 3 unspecified atom stereocenters. The summed E-state index contributed by atoms with van der Waals surface area (Å²) in [7, 11) is 0. The summed E-state index contributed by atoms with van der Waals surface area (Å²) in [5, 5.41) is 43.4. The minimum Gasteiger partial charge on any atom is -0.479 e. The zero-order chi connectivity index (χ0) is 30.0. The van der Waals surface area contributed by atoms with Crippen LogP contribution in [-0.4, -0.2) is 70.1 Å². The van der Waals surface area contributed by atoms with E-state index in [-0.39, 0.29) is 17.2 Å². The zero-order valence-electron chi connectivity index (χ0n) is 23.3. The van der Waals surface area contributed by atoms with Crippen LogP contribution in [-0.2, 0) is 33.8 Å². The van der Waals surface area contributed by atoms with Crippen LogP contribution < -0.4 is 16.0 Å². The number of halogens is 1. The molecular weight excluding hydrogens is 538 g/mol. The van der Waals surface area contributed by atoms with Crippen LogP contribution in [0.3, 0.4) is 0 Å². The van der Waals surface area contributed by atoms with Crippen molar-refractivity contribution in [2.24, 2.45) is 5.41 Å². The highest BCUT2D eigenvalue weighted by Gasteiger charge is 2.29. The van der Waals surface area contributed by atoms with Gasteiger partial charge in [-0.2, -0.15) is 0 Å². The van der Waals surface area contributed by atoms with E-state index < -0.39 is 24.1 Å². The minimum atomic E-state index is -2.27. The number of aliphatic hydroxyl groups is 2. The quantitative estimate of drug-likeness (QED) is 0.237. The average Bonchev–Trinajstić information content (AvgIpc) is 3.15. The summed E-state index contributed by atoms with van der Waals surface area (Å²) in [5.74, 6) is -3.63. The van der Waals surface area contributed by atoms with E-state index in [1.54, 1.807) is 0 Å². The van der Waals surface area contributed by atoms with Crippen molar-refractivity contribution in [2.75, 3.05) is 25.0 Å². The van der Waals surface area contributed by atoms with E-state index >= 15 is 0 Å². The Hall–Kier alpha value is -3.18. The van der Waals surface area contributed by atoms with Gasteiger partial charge >= 0.3 is 11.9 Å². The fourth-order valence-corrected chi connectivity index (χ4v) is 4.22. The number of aliphatic hydroxyl groups excluding tert-OH is 2. The van der Waals surface area contributed by atoms with Gasteiger partial charge in [-0.05, 0) is 66.6 Å². The zero-order valence-corrected chi connectivity index (χ0v) is 24.1. The molecule has 40 heavy (non-hydrogen) atoms. The van der Waals surface area contributed by atoms with Crippen molar-refractivity contribution in [1.29, 1.82) is 0 Å². The predicted octanol–water partition coefficient (Wildman–Crippen LogP) is 2.78. The van der Waals surface area contributed by atoms with Crippen LogP contribution in [0, 0.1) is 5.41 Å². The van der Waals surface area contributed by atoms with Crippen LogP contribution in [0.25, 0.3) is 0 Å². The summed E-state index contributed by atoms with van der Waals surface area (Å²) in [4.78, 5) is 32.0. The van der Waals surface area contributed by atoms with Gasteiger partial charge in [0.2, 0.25) is 5.91 Å². The summed E-state index contributed by atoms with van der Waals surface area (Å²) in [6, 6.07) is 12.4. The molecule has 2 aromatic carbocycles. The van der Waals surface area contributed by atoms with Crippen LogP contribution in [0.15, 0.2) is 36.4 Å². The first-order chi connectivity index (χ1) is 18.7. The van der Waals surface area contributed by atoms with E-state index in [9.17, 15) is 14.4 Å². The summed E-state index contributed by atoms with van der Waals surface area (Å²) in [6.07, 6.45) is -2.52. The Morgan fingerprint density at radius 3 is 2.08 bits per heavy atom. The van der Waals surface area contributed by atoms with Gasteiger partial charge in [0.1, 0.15) is 0 Å². The van der Waals surface area contributed by atoms with Crippen LogP contribution in [0.2, 0.25) is 5.02 Å². The molecular formula is C29H40ClN3O7. The van der Waals surface area contributed by atoms with Crippen molar-refractivity contribution in [3.63, 3.8) is 0 Å². The van der Waals surface area contributed by atoms with Gasteiger partial charge < -0.3 is 36.4 Å². The summed E-state index contributed by atoms with van der Waals surface area (Å²) in [5.41, 5.74) is 6.03. The fraction of sp³-hybridized carbons (Fsp3) is 0.483. The smallest absolute Gasteiger partial charge is 0.335 e. The van der Waals surface area contributed by atoms with E-state index in [1.165, 1.54) is 16.7 Å². The maximum Gasteiger partial charge on any atom is 0.335 e. The standard InChI is InChI=1S/C25H34ClN3O.C4H6O6/c1-17(24(30)29-16-25(2,3)4)19-7-5-18(6-8-19)15-28-23-21-12-14-27-13-11-20(21)9-10-22(23)26;5-1(3(7)8)2(6)4(9)10/h5-10,17,27-28H,11-16H2,1-4H3,(H,29,30);1-2,5-6H,(H,7,8)(H,9,10). The number of benzene rings is 2. The molecule has 3 rings (SSSR count). The van der Waals surface area contributed by atoms with E-state index in [4.69, 9.17) is 32.0 Å². The van der Waals surface area contributed by atoms with Crippen molar-refractivity contribution in [2.45, 2.75) is 65.2 Å². The van der Waals surface area contributed by atoms with Crippen molar-refractivity contribution < 1.29 is 34.8 Å². The second-order valence-corrected chi connectivity index (χ2v) is 11.4. The van der Waals surface area contributed by atoms with Crippen LogP contribution in [0.5, 0.6) is 0 Å². The third-order valence-corrected chi connectivity index (χ3v) is 6.74. The van der Waals surface area contributed by atoms with Crippen molar-refractivity contribution in [3.05, 3.63) is 63.7 Å². The maximum absolute atomic E-state index is 12.4. The maximum atomic E-state index is 12.4. The molecule has 1 aliphatic rings. The predicted molar refractivity (Wildman–Crippen MR) is 154 cm³/mol. The van der Waals surface area contributed by atoms with E-state index in [0.717, 1.165) is 42.2 Å². The number of aliphatic carboxylic acids is 2. The van der Waals surface area contributed by atoms with E-state index in [2.05, 4.69) is 67.1 Å². The van der Waals surface area contributed by atoms with Crippen molar-refractivity contribution in [1.82, 2.24) is 10.6 Å². The summed E-state index contributed by atoms with van der Waals surface area (Å²) >= 11 is 6.52. The number of carboxylic acid groups (broad SMARTS) is 2. The second-order valence-electron chi connectivity index (χ2n) is 11.0. The number of carboxylic acids is 2. The first-order valence-electron chi connectivity index (χ1n) is 13.1. The van der Waals surface area contributed by atoms with Crippen LogP contribution in [0.1, 0.15) is 55.9 Å². The molecule has 3 atom stereocenters. The highest BCUT2D eigenvalue weighted by molar-refractivity contribution is 6.33. The molecule has 220 valence electrons. The highest BCUT2D eigenvalue weighted by Crippen LogP contribution is 2.31. The van der Waals surface area contributed by atoms with Crippen molar-refractivity contribution in [3.8, 4) is 0 Å². The van der Waals surface area contributed by atoms with Gasteiger partial charge in [-0.1, -0.05) is 62.7 Å². The Morgan fingerprint density at radius 2 is 1.52 bits per heavy atom. The number of rotatable bonds is 9. The molecule has 0 spiro atoms. The Balaban J connectivity index is 0.000000478.